The molecule has 0 aromatic carbocycles. The summed E-state index contributed by atoms with van der Waals surface area (Å²) in [7, 11) is 0. The predicted octanol–water partition coefficient (Wildman–Crippen LogP) is 3.20. The van der Waals surface area contributed by atoms with E-state index in [2.05, 4.69) is 23.7 Å². The molecule has 0 saturated carbocycles. The fourth-order valence-corrected chi connectivity index (χ4v) is 1.21. The summed E-state index contributed by atoms with van der Waals surface area (Å²) < 4.78 is 10.1. The van der Waals surface area contributed by atoms with E-state index in [1.165, 1.54) is 6.40 Å². The standard InChI is InChI=1S/C13H19NO2/c1-3-10-15-11-14-9-7-5-4-6-8-13-12(2)16-13/h3-5,10-11,13H,2,6-9H2,1H3/b5-4?,10-3-,14-11-. The fourth-order valence-electron chi connectivity index (χ4n) is 1.21. The van der Waals surface area contributed by atoms with Crippen LogP contribution in [-0.2, 0) is 9.47 Å². The lowest BCUT2D eigenvalue weighted by Crippen LogP contribution is -1.83. The molecule has 1 aliphatic heterocycles. The molecule has 3 nitrogen and oxygen atoms in total. The third kappa shape index (κ3) is 6.06. The molecule has 3 heteroatoms. The van der Waals surface area contributed by atoms with Gasteiger partial charge in [0.05, 0.1) is 6.26 Å². The average molecular weight is 221 g/mol. The molecule has 1 saturated heterocycles. The average Bonchev–Trinajstić information content (AvgIpc) is 2.97. The van der Waals surface area contributed by atoms with Crippen LogP contribution in [0.2, 0.25) is 0 Å². The number of epoxide rings is 1. The molecule has 0 aromatic rings. The van der Waals surface area contributed by atoms with Crippen molar-refractivity contribution in [1.29, 1.82) is 0 Å². The van der Waals surface area contributed by atoms with Gasteiger partial charge in [0.15, 0.2) is 12.5 Å². The van der Waals surface area contributed by atoms with Gasteiger partial charge < -0.3 is 9.47 Å². The highest BCUT2D eigenvalue weighted by molar-refractivity contribution is 5.47. The minimum atomic E-state index is 0.317. The van der Waals surface area contributed by atoms with Crippen LogP contribution in [0.15, 0.2) is 41.8 Å². The van der Waals surface area contributed by atoms with Crippen molar-refractivity contribution in [2.45, 2.75) is 32.3 Å². The van der Waals surface area contributed by atoms with Gasteiger partial charge in [-0.25, -0.2) is 0 Å². The summed E-state index contributed by atoms with van der Waals surface area (Å²) in [6, 6.07) is 0. The monoisotopic (exact) mass is 221 g/mol. The molecule has 0 aliphatic carbocycles. The third-order valence-electron chi connectivity index (χ3n) is 2.13. The van der Waals surface area contributed by atoms with Gasteiger partial charge in [0.1, 0.15) is 5.76 Å². The van der Waals surface area contributed by atoms with Gasteiger partial charge in [0, 0.05) is 6.54 Å². The topological polar surface area (TPSA) is 34.1 Å². The van der Waals surface area contributed by atoms with Gasteiger partial charge in [0.25, 0.3) is 0 Å². The number of allylic oxidation sites excluding steroid dienone is 2. The molecule has 1 rings (SSSR count). The lowest BCUT2D eigenvalue weighted by Gasteiger charge is -1.90. The molecule has 0 bridgehead atoms. The van der Waals surface area contributed by atoms with Crippen molar-refractivity contribution < 1.29 is 9.47 Å². The van der Waals surface area contributed by atoms with Crippen molar-refractivity contribution in [3.8, 4) is 0 Å². The van der Waals surface area contributed by atoms with Crippen LogP contribution in [0.5, 0.6) is 0 Å². The predicted molar refractivity (Wildman–Crippen MR) is 66.3 cm³/mol. The fraction of sp³-hybridized carbons (Fsp3) is 0.462. The van der Waals surface area contributed by atoms with Gasteiger partial charge >= 0.3 is 0 Å². The summed E-state index contributed by atoms with van der Waals surface area (Å²) >= 11 is 0. The van der Waals surface area contributed by atoms with Crippen molar-refractivity contribution in [3.05, 3.63) is 36.8 Å². The lowest BCUT2D eigenvalue weighted by molar-refractivity contribution is 0.415. The number of hydrogen-bond acceptors (Lipinski definition) is 3. The first-order valence-corrected chi connectivity index (χ1v) is 5.60. The molecule has 16 heavy (non-hydrogen) atoms. The number of rotatable bonds is 8. The normalized spacial score (nSPS) is 19.8. The van der Waals surface area contributed by atoms with E-state index in [9.17, 15) is 0 Å². The SMILES string of the molecule is C=C1OC1CCC=CCC/N=C\O/C=C\C. The Hall–Kier alpha value is -1.51. The minimum absolute atomic E-state index is 0.317. The zero-order valence-electron chi connectivity index (χ0n) is 9.76. The smallest absolute Gasteiger partial charge is 0.175 e. The van der Waals surface area contributed by atoms with Crippen molar-refractivity contribution in [3.63, 3.8) is 0 Å². The van der Waals surface area contributed by atoms with E-state index >= 15 is 0 Å². The van der Waals surface area contributed by atoms with Crippen molar-refractivity contribution >= 4 is 6.40 Å². The van der Waals surface area contributed by atoms with Crippen molar-refractivity contribution in [2.24, 2.45) is 4.99 Å². The maximum Gasteiger partial charge on any atom is 0.175 e. The molecule has 88 valence electrons. The number of ether oxygens (including phenoxy) is 2. The summed E-state index contributed by atoms with van der Waals surface area (Å²) in [6.45, 7) is 6.39. The quantitative estimate of drug-likeness (QED) is 0.157. The maximum atomic E-state index is 5.12. The molecular weight excluding hydrogens is 202 g/mol. The van der Waals surface area contributed by atoms with Crippen molar-refractivity contribution in [2.75, 3.05) is 6.54 Å². The maximum absolute atomic E-state index is 5.12. The summed E-state index contributed by atoms with van der Waals surface area (Å²) in [5, 5.41) is 0. The van der Waals surface area contributed by atoms with Crippen LogP contribution < -0.4 is 0 Å². The summed E-state index contributed by atoms with van der Waals surface area (Å²) in [6.07, 6.45) is 12.5. The Morgan fingerprint density at radius 3 is 2.88 bits per heavy atom. The minimum Gasteiger partial charge on any atom is -0.484 e. The molecule has 1 heterocycles. The van der Waals surface area contributed by atoms with Crippen molar-refractivity contribution in [1.82, 2.24) is 0 Å². The highest BCUT2D eigenvalue weighted by Crippen LogP contribution is 2.28. The number of nitrogens with zero attached hydrogens (tertiary/aromatic N) is 1. The summed E-state index contributed by atoms with van der Waals surface area (Å²) in [5.41, 5.74) is 0. The van der Waals surface area contributed by atoms with Crippen LogP contribution >= 0.6 is 0 Å². The molecule has 1 atom stereocenters. The number of hydrogen-bond donors (Lipinski definition) is 0. The molecule has 0 spiro atoms. The number of aliphatic imine (C=N–C) groups is 1. The Morgan fingerprint density at radius 1 is 1.44 bits per heavy atom. The van der Waals surface area contributed by atoms with E-state index in [1.54, 1.807) is 6.26 Å². The zero-order valence-corrected chi connectivity index (χ0v) is 9.76. The van der Waals surface area contributed by atoms with Crippen LogP contribution in [0.1, 0.15) is 26.2 Å². The van der Waals surface area contributed by atoms with E-state index < -0.39 is 0 Å². The Labute approximate surface area is 97.2 Å². The highest BCUT2D eigenvalue weighted by Gasteiger charge is 2.28. The Balaban J connectivity index is 1.88. The van der Waals surface area contributed by atoms with Crippen LogP contribution in [0.4, 0.5) is 0 Å². The largest absolute Gasteiger partial charge is 0.484 e. The van der Waals surface area contributed by atoms with Gasteiger partial charge in [0.2, 0.25) is 0 Å². The lowest BCUT2D eigenvalue weighted by atomic mass is 10.2. The third-order valence-corrected chi connectivity index (χ3v) is 2.13. The first kappa shape index (κ1) is 12.6. The highest BCUT2D eigenvalue weighted by atomic mass is 16.6. The van der Waals surface area contributed by atoms with Gasteiger partial charge in [-0.05, 0) is 26.2 Å². The van der Waals surface area contributed by atoms with Crippen LogP contribution in [-0.4, -0.2) is 19.0 Å². The first-order chi connectivity index (χ1) is 7.84. The Kier molecular flexibility index (Phi) is 6.07. The van der Waals surface area contributed by atoms with E-state index in [0.29, 0.717) is 6.10 Å². The zero-order chi connectivity index (χ0) is 11.6. The summed E-state index contributed by atoms with van der Waals surface area (Å²) in [4.78, 5) is 4.08. The molecule has 0 N–H and O–H groups in total. The second-order valence-corrected chi connectivity index (χ2v) is 3.53. The van der Waals surface area contributed by atoms with Crippen LogP contribution in [0.25, 0.3) is 0 Å². The molecule has 1 unspecified atom stereocenters. The van der Waals surface area contributed by atoms with Gasteiger partial charge in [-0.2, -0.15) is 0 Å². The second-order valence-electron chi connectivity index (χ2n) is 3.53. The van der Waals surface area contributed by atoms with Gasteiger partial charge in [-0.3, -0.25) is 4.99 Å². The van der Waals surface area contributed by atoms with E-state index in [4.69, 9.17) is 9.47 Å². The molecule has 1 aliphatic rings. The van der Waals surface area contributed by atoms with Crippen LogP contribution in [0.3, 0.4) is 0 Å². The van der Waals surface area contributed by atoms with E-state index in [0.717, 1.165) is 31.6 Å². The van der Waals surface area contributed by atoms with Gasteiger partial charge in [-0.15, -0.1) is 0 Å². The molecule has 1 fully saturated rings. The van der Waals surface area contributed by atoms with Crippen LogP contribution in [0, 0.1) is 0 Å². The first-order valence-electron chi connectivity index (χ1n) is 5.60. The van der Waals surface area contributed by atoms with E-state index in [1.807, 2.05) is 13.0 Å². The van der Waals surface area contributed by atoms with E-state index in [-0.39, 0.29) is 0 Å². The molecule has 0 aromatic heterocycles. The second kappa shape index (κ2) is 7.74. The van der Waals surface area contributed by atoms with Gasteiger partial charge in [-0.1, -0.05) is 24.8 Å². The Morgan fingerprint density at radius 2 is 2.19 bits per heavy atom. The molecule has 0 amide bonds. The summed E-state index contributed by atoms with van der Waals surface area (Å²) in [5.74, 6) is 0.930. The Bertz CT molecular complexity index is 292. The molecular formula is C13H19NO2. The molecule has 0 radical (unpaired) electrons.